The van der Waals surface area contributed by atoms with E-state index in [9.17, 15) is 14.3 Å². The van der Waals surface area contributed by atoms with Crippen LogP contribution < -0.4 is 0 Å². The Labute approximate surface area is 162 Å². The molecule has 3 rings (SSSR count). The van der Waals surface area contributed by atoms with Crippen LogP contribution in [0.25, 0.3) is 0 Å². The van der Waals surface area contributed by atoms with Crippen molar-refractivity contribution in [3.8, 4) is 0 Å². The monoisotopic (exact) mass is 395 g/mol. The number of carbonyl (C=O) groups excluding carboxylic acids is 1. The van der Waals surface area contributed by atoms with E-state index < -0.39 is 17.8 Å². The number of aliphatic hydroxyl groups excluding tert-OH is 1. The van der Waals surface area contributed by atoms with Crippen LogP contribution in [0.3, 0.4) is 0 Å². The van der Waals surface area contributed by atoms with Crippen LogP contribution in [0.5, 0.6) is 0 Å². The number of rotatable bonds is 5. The van der Waals surface area contributed by atoms with Gasteiger partial charge in [-0.3, -0.25) is 4.79 Å². The van der Waals surface area contributed by atoms with Gasteiger partial charge in [-0.1, -0.05) is 36.7 Å². The van der Waals surface area contributed by atoms with Gasteiger partial charge in [0.05, 0.1) is 0 Å². The fraction of sp³-hybridized carbons (Fsp3) is 0.526. The summed E-state index contributed by atoms with van der Waals surface area (Å²) in [5, 5.41) is 14.5. The average Bonchev–Trinajstić information content (AvgIpc) is 3.15. The van der Waals surface area contributed by atoms with Gasteiger partial charge in [-0.15, -0.1) is 0 Å². The van der Waals surface area contributed by atoms with Gasteiger partial charge in [0.15, 0.2) is 5.82 Å². The lowest BCUT2D eigenvalue weighted by Crippen LogP contribution is -2.44. The normalized spacial score (nSPS) is 16.7. The summed E-state index contributed by atoms with van der Waals surface area (Å²) in [6, 6.07) is 4.29. The number of aliphatic hydroxyl groups is 1. The van der Waals surface area contributed by atoms with Gasteiger partial charge in [-0.05, 0) is 25.0 Å². The summed E-state index contributed by atoms with van der Waals surface area (Å²) >= 11 is 5.98. The van der Waals surface area contributed by atoms with E-state index in [1.807, 2.05) is 13.8 Å². The molecular weight excluding hydrogens is 373 g/mol. The Balaban J connectivity index is 1.57. The molecule has 2 heterocycles. The highest BCUT2D eigenvalue weighted by atomic mass is 35.5. The Kier molecular flexibility index (Phi) is 6.11. The standard InChI is InChI=1S/C19H23ClFN3O3/c1-11(2)18-22-17(23-27-18)12-6-8-24(9-7-12)19(26)16(25)10-13-14(20)4-3-5-15(13)21/h3-5,11-12,16,25H,6-10H2,1-2H3/t16-/m0/s1. The van der Waals surface area contributed by atoms with Gasteiger partial charge in [0.2, 0.25) is 5.89 Å². The van der Waals surface area contributed by atoms with E-state index in [-0.39, 0.29) is 28.8 Å². The van der Waals surface area contributed by atoms with Crippen molar-refractivity contribution in [3.05, 3.63) is 46.3 Å². The van der Waals surface area contributed by atoms with Crippen LogP contribution in [-0.4, -0.2) is 45.2 Å². The van der Waals surface area contributed by atoms with Crippen LogP contribution in [-0.2, 0) is 11.2 Å². The molecule has 1 aliphatic heterocycles. The summed E-state index contributed by atoms with van der Waals surface area (Å²) in [4.78, 5) is 18.5. The first-order valence-corrected chi connectivity index (χ1v) is 9.47. The zero-order valence-electron chi connectivity index (χ0n) is 15.4. The van der Waals surface area contributed by atoms with Crippen molar-refractivity contribution in [2.45, 2.75) is 51.0 Å². The van der Waals surface area contributed by atoms with E-state index in [2.05, 4.69) is 10.1 Å². The highest BCUT2D eigenvalue weighted by Crippen LogP contribution is 2.28. The van der Waals surface area contributed by atoms with E-state index in [4.69, 9.17) is 16.1 Å². The van der Waals surface area contributed by atoms with Crippen LogP contribution in [0.4, 0.5) is 4.39 Å². The van der Waals surface area contributed by atoms with Gasteiger partial charge in [-0.2, -0.15) is 4.98 Å². The summed E-state index contributed by atoms with van der Waals surface area (Å²) in [5.74, 6) is 0.650. The Hall–Kier alpha value is -1.99. The lowest BCUT2D eigenvalue weighted by Gasteiger charge is -2.32. The number of nitrogens with zero attached hydrogens (tertiary/aromatic N) is 3. The summed E-state index contributed by atoms with van der Waals surface area (Å²) < 4.78 is 19.1. The highest BCUT2D eigenvalue weighted by Gasteiger charge is 2.30. The SMILES string of the molecule is CC(C)c1nc(C2CCN(C(=O)[C@@H](O)Cc3c(F)cccc3Cl)CC2)no1. The maximum Gasteiger partial charge on any atom is 0.251 e. The molecule has 1 atom stereocenters. The zero-order valence-corrected chi connectivity index (χ0v) is 16.1. The topological polar surface area (TPSA) is 79.5 Å². The van der Waals surface area contributed by atoms with Crippen molar-refractivity contribution in [2.75, 3.05) is 13.1 Å². The molecule has 1 saturated heterocycles. The summed E-state index contributed by atoms with van der Waals surface area (Å²) in [6.07, 6.45) is -0.0904. The van der Waals surface area contributed by atoms with E-state index in [0.717, 1.165) is 0 Å². The van der Waals surface area contributed by atoms with Gasteiger partial charge in [0.25, 0.3) is 5.91 Å². The number of amides is 1. The van der Waals surface area contributed by atoms with E-state index in [1.165, 1.54) is 12.1 Å². The largest absolute Gasteiger partial charge is 0.383 e. The van der Waals surface area contributed by atoms with Crippen LogP contribution >= 0.6 is 11.6 Å². The van der Waals surface area contributed by atoms with E-state index >= 15 is 0 Å². The van der Waals surface area contributed by atoms with E-state index in [1.54, 1.807) is 11.0 Å². The van der Waals surface area contributed by atoms with E-state index in [0.29, 0.717) is 37.6 Å². The minimum Gasteiger partial charge on any atom is -0.383 e. The molecule has 0 saturated carbocycles. The van der Waals surface area contributed by atoms with Crippen LogP contribution in [0, 0.1) is 5.82 Å². The minimum absolute atomic E-state index is 0.128. The summed E-state index contributed by atoms with van der Waals surface area (Å²) in [6.45, 7) is 4.94. The molecule has 1 aromatic carbocycles. The minimum atomic E-state index is -1.33. The fourth-order valence-corrected chi connectivity index (χ4v) is 3.46. The maximum atomic E-state index is 13.9. The summed E-state index contributed by atoms with van der Waals surface area (Å²) in [7, 11) is 0. The first-order chi connectivity index (χ1) is 12.9. The van der Waals surface area contributed by atoms with Gasteiger partial charge in [0.1, 0.15) is 11.9 Å². The van der Waals surface area contributed by atoms with Crippen LogP contribution in [0.2, 0.25) is 5.02 Å². The highest BCUT2D eigenvalue weighted by molar-refractivity contribution is 6.31. The zero-order chi connectivity index (χ0) is 19.6. The second kappa shape index (κ2) is 8.35. The number of likely N-dealkylation sites (tertiary alicyclic amines) is 1. The second-order valence-corrected chi connectivity index (χ2v) is 7.57. The average molecular weight is 396 g/mol. The van der Waals surface area contributed by atoms with Crippen molar-refractivity contribution in [1.82, 2.24) is 15.0 Å². The van der Waals surface area contributed by atoms with Gasteiger partial charge in [-0.25, -0.2) is 4.39 Å². The molecule has 1 fully saturated rings. The maximum absolute atomic E-state index is 13.9. The Morgan fingerprint density at radius 3 is 2.70 bits per heavy atom. The lowest BCUT2D eigenvalue weighted by molar-refractivity contribution is -0.141. The number of aromatic nitrogens is 2. The molecule has 146 valence electrons. The molecule has 6 nitrogen and oxygen atoms in total. The predicted octanol–water partition coefficient (Wildman–Crippen LogP) is 3.30. The van der Waals surface area contributed by atoms with Crippen molar-refractivity contribution >= 4 is 17.5 Å². The lowest BCUT2D eigenvalue weighted by atomic mass is 9.95. The van der Waals surface area contributed by atoms with Crippen molar-refractivity contribution < 1.29 is 18.8 Å². The first-order valence-electron chi connectivity index (χ1n) is 9.10. The van der Waals surface area contributed by atoms with Gasteiger partial charge < -0.3 is 14.5 Å². The molecule has 1 amide bonds. The molecule has 0 aliphatic carbocycles. The number of benzene rings is 1. The number of halogens is 2. The molecular formula is C19H23ClFN3O3. The molecule has 0 radical (unpaired) electrons. The van der Waals surface area contributed by atoms with Gasteiger partial charge in [0, 0.05) is 41.9 Å². The van der Waals surface area contributed by atoms with Gasteiger partial charge >= 0.3 is 0 Å². The van der Waals surface area contributed by atoms with Crippen molar-refractivity contribution in [2.24, 2.45) is 0 Å². The Morgan fingerprint density at radius 2 is 2.11 bits per heavy atom. The molecule has 1 N–H and O–H groups in total. The molecule has 8 heteroatoms. The van der Waals surface area contributed by atoms with Crippen LogP contribution in [0.15, 0.2) is 22.7 Å². The molecule has 27 heavy (non-hydrogen) atoms. The number of piperidine rings is 1. The quantitative estimate of drug-likeness (QED) is 0.840. The Bertz CT molecular complexity index is 783. The number of hydrogen-bond acceptors (Lipinski definition) is 5. The smallest absolute Gasteiger partial charge is 0.251 e. The molecule has 0 bridgehead atoms. The van der Waals surface area contributed by atoms with Crippen molar-refractivity contribution in [1.29, 1.82) is 0 Å². The van der Waals surface area contributed by atoms with Crippen molar-refractivity contribution in [3.63, 3.8) is 0 Å². The molecule has 1 aliphatic rings. The summed E-state index contributed by atoms with van der Waals surface area (Å²) in [5.41, 5.74) is 0.155. The number of hydrogen-bond donors (Lipinski definition) is 1. The third-order valence-electron chi connectivity index (χ3n) is 4.87. The molecule has 0 unspecified atom stereocenters. The van der Waals surface area contributed by atoms with Crippen LogP contribution in [0.1, 0.15) is 55.8 Å². The first kappa shape index (κ1) is 19.8. The second-order valence-electron chi connectivity index (χ2n) is 7.17. The molecule has 1 aromatic heterocycles. The number of carbonyl (C=O) groups is 1. The fourth-order valence-electron chi connectivity index (χ4n) is 3.22. The Morgan fingerprint density at radius 1 is 1.41 bits per heavy atom. The predicted molar refractivity (Wildman–Crippen MR) is 98.1 cm³/mol. The third-order valence-corrected chi connectivity index (χ3v) is 5.22. The molecule has 0 spiro atoms. The molecule has 2 aromatic rings. The third kappa shape index (κ3) is 4.47.